The third-order valence-electron chi connectivity index (χ3n) is 5.54. The molecule has 0 amide bonds. The number of fused-ring (bicyclic) bond motifs is 1. The average Bonchev–Trinajstić information content (AvgIpc) is 3.09. The molecule has 2 aromatic heterocycles. The predicted molar refractivity (Wildman–Crippen MR) is 108 cm³/mol. The van der Waals surface area contributed by atoms with Gasteiger partial charge in [-0.3, -0.25) is 9.39 Å². The highest BCUT2D eigenvalue weighted by molar-refractivity contribution is 8.00. The van der Waals surface area contributed by atoms with E-state index in [0.29, 0.717) is 4.75 Å². The molecule has 1 N–H and O–H groups in total. The molecular formula is C19H28N6S. The maximum atomic E-state index is 4.55. The van der Waals surface area contributed by atoms with Crippen molar-refractivity contribution in [1.29, 1.82) is 0 Å². The summed E-state index contributed by atoms with van der Waals surface area (Å²) in [5, 5.41) is 12.1. The van der Waals surface area contributed by atoms with Crippen molar-refractivity contribution in [2.75, 3.05) is 32.4 Å². The summed E-state index contributed by atoms with van der Waals surface area (Å²) in [7, 11) is 1.89. The zero-order valence-corrected chi connectivity index (χ0v) is 16.3. The second-order valence-corrected chi connectivity index (χ2v) is 8.85. The van der Waals surface area contributed by atoms with E-state index in [1.54, 1.807) is 0 Å². The Labute approximate surface area is 159 Å². The maximum absolute atomic E-state index is 4.55. The number of aromatic nitrogens is 3. The van der Waals surface area contributed by atoms with Crippen molar-refractivity contribution < 1.29 is 0 Å². The Bertz CT molecular complexity index is 759. The van der Waals surface area contributed by atoms with Gasteiger partial charge in [0.15, 0.2) is 11.6 Å². The Kier molecular flexibility index (Phi) is 5.33. The first kappa shape index (κ1) is 17.6. The maximum Gasteiger partial charge on any atom is 0.193 e. The third kappa shape index (κ3) is 3.68. The first-order valence-electron chi connectivity index (χ1n) is 9.68. The lowest BCUT2D eigenvalue weighted by Crippen LogP contribution is -2.53. The number of pyridine rings is 1. The van der Waals surface area contributed by atoms with Crippen LogP contribution in [0, 0.1) is 0 Å². The number of nitrogens with one attached hydrogen (secondary N) is 1. The Morgan fingerprint density at radius 2 is 2.15 bits per heavy atom. The van der Waals surface area contributed by atoms with Crippen LogP contribution in [0.15, 0.2) is 29.4 Å². The molecular weight excluding hydrogens is 344 g/mol. The number of nitrogens with zero attached hydrogens (tertiary/aromatic N) is 5. The minimum Gasteiger partial charge on any atom is -0.356 e. The van der Waals surface area contributed by atoms with Crippen molar-refractivity contribution in [3.05, 3.63) is 30.2 Å². The Morgan fingerprint density at radius 1 is 1.27 bits per heavy atom. The van der Waals surface area contributed by atoms with Gasteiger partial charge in [0.1, 0.15) is 5.82 Å². The lowest BCUT2D eigenvalue weighted by molar-refractivity contribution is 0.293. The van der Waals surface area contributed by atoms with E-state index in [1.807, 2.05) is 31.4 Å². The van der Waals surface area contributed by atoms with Crippen molar-refractivity contribution in [2.45, 2.75) is 43.3 Å². The van der Waals surface area contributed by atoms with E-state index < -0.39 is 0 Å². The minimum atomic E-state index is 0.456. The number of aliphatic imine (C=N–C) groups is 1. The summed E-state index contributed by atoms with van der Waals surface area (Å²) in [6.07, 6.45) is 9.74. The largest absolute Gasteiger partial charge is 0.356 e. The average molecular weight is 373 g/mol. The van der Waals surface area contributed by atoms with Crippen LogP contribution in [0.3, 0.4) is 0 Å². The molecule has 1 aliphatic carbocycles. The molecule has 1 aliphatic heterocycles. The van der Waals surface area contributed by atoms with Crippen molar-refractivity contribution in [3.63, 3.8) is 0 Å². The molecule has 3 heterocycles. The van der Waals surface area contributed by atoms with E-state index in [0.717, 1.165) is 43.5 Å². The summed E-state index contributed by atoms with van der Waals surface area (Å²) in [5.41, 5.74) is 0.902. The van der Waals surface area contributed by atoms with Gasteiger partial charge in [-0.05, 0) is 25.0 Å². The van der Waals surface area contributed by atoms with E-state index in [-0.39, 0.29) is 0 Å². The minimum absolute atomic E-state index is 0.456. The molecule has 0 unspecified atom stereocenters. The topological polar surface area (TPSA) is 57.8 Å². The molecule has 1 saturated heterocycles. The fourth-order valence-electron chi connectivity index (χ4n) is 4.20. The monoisotopic (exact) mass is 372 g/mol. The van der Waals surface area contributed by atoms with Crippen molar-refractivity contribution in [3.8, 4) is 0 Å². The van der Waals surface area contributed by atoms with E-state index in [4.69, 9.17) is 0 Å². The Balaban J connectivity index is 1.35. The summed E-state index contributed by atoms with van der Waals surface area (Å²) in [5.74, 6) is 3.22. The van der Waals surface area contributed by atoms with Gasteiger partial charge in [-0.15, -0.1) is 10.2 Å². The van der Waals surface area contributed by atoms with Gasteiger partial charge in [-0.2, -0.15) is 11.8 Å². The van der Waals surface area contributed by atoms with Gasteiger partial charge < -0.3 is 10.2 Å². The van der Waals surface area contributed by atoms with Crippen LogP contribution in [-0.2, 0) is 6.42 Å². The molecule has 6 nitrogen and oxygen atoms in total. The molecule has 1 saturated carbocycles. The number of guanidine groups is 1. The first-order chi connectivity index (χ1) is 12.8. The molecule has 0 bridgehead atoms. The lowest BCUT2D eigenvalue weighted by Gasteiger charge is -2.45. The van der Waals surface area contributed by atoms with Crippen LogP contribution in [0.1, 0.15) is 37.9 Å². The normalized spacial score (nSPS) is 20.7. The quantitative estimate of drug-likeness (QED) is 0.663. The molecule has 7 heteroatoms. The number of rotatable bonds is 3. The second kappa shape index (κ2) is 7.86. The van der Waals surface area contributed by atoms with Crippen LogP contribution in [0.4, 0.5) is 0 Å². The van der Waals surface area contributed by atoms with Crippen LogP contribution in [0.5, 0.6) is 0 Å². The highest BCUT2D eigenvalue weighted by Gasteiger charge is 2.38. The highest BCUT2D eigenvalue weighted by Crippen LogP contribution is 2.42. The molecule has 2 aliphatic rings. The highest BCUT2D eigenvalue weighted by atomic mass is 32.2. The zero-order chi connectivity index (χ0) is 17.8. The number of hydrogen-bond donors (Lipinski definition) is 1. The second-order valence-electron chi connectivity index (χ2n) is 7.28. The van der Waals surface area contributed by atoms with Gasteiger partial charge >= 0.3 is 0 Å². The molecule has 2 aromatic rings. The fraction of sp³-hybridized carbons (Fsp3) is 0.632. The molecule has 2 fully saturated rings. The molecule has 4 rings (SSSR count). The Hall–Kier alpha value is -1.76. The Morgan fingerprint density at radius 3 is 3.00 bits per heavy atom. The summed E-state index contributed by atoms with van der Waals surface area (Å²) in [4.78, 5) is 7.01. The lowest BCUT2D eigenvalue weighted by atomic mass is 9.87. The van der Waals surface area contributed by atoms with E-state index in [2.05, 4.69) is 41.6 Å². The molecule has 26 heavy (non-hydrogen) atoms. The molecule has 140 valence electrons. The molecule has 0 atom stereocenters. The zero-order valence-electron chi connectivity index (χ0n) is 15.5. The summed E-state index contributed by atoms with van der Waals surface area (Å²) in [6, 6.07) is 5.99. The number of thioether (sulfide) groups is 1. The summed E-state index contributed by atoms with van der Waals surface area (Å²) in [6.45, 7) is 3.03. The first-order valence-corrected chi connectivity index (χ1v) is 10.7. The van der Waals surface area contributed by atoms with Crippen LogP contribution in [-0.4, -0.2) is 62.6 Å². The smallest absolute Gasteiger partial charge is 0.193 e. The molecule has 0 radical (unpaired) electrons. The van der Waals surface area contributed by atoms with E-state index in [1.165, 1.54) is 37.9 Å². The van der Waals surface area contributed by atoms with E-state index in [9.17, 15) is 0 Å². The fourth-order valence-corrected chi connectivity index (χ4v) is 5.77. The summed E-state index contributed by atoms with van der Waals surface area (Å²) < 4.78 is 2.51. The van der Waals surface area contributed by atoms with Crippen molar-refractivity contribution in [2.24, 2.45) is 4.99 Å². The van der Waals surface area contributed by atoms with Gasteiger partial charge in [0.05, 0.1) is 0 Å². The van der Waals surface area contributed by atoms with Crippen LogP contribution >= 0.6 is 11.8 Å². The van der Waals surface area contributed by atoms with Crippen LogP contribution < -0.4 is 5.32 Å². The molecule has 1 spiro atoms. The summed E-state index contributed by atoms with van der Waals surface area (Å²) >= 11 is 2.20. The van der Waals surface area contributed by atoms with Crippen LogP contribution in [0.25, 0.3) is 5.65 Å². The number of hydrogen-bond acceptors (Lipinski definition) is 4. The third-order valence-corrected chi connectivity index (χ3v) is 7.08. The van der Waals surface area contributed by atoms with Gasteiger partial charge in [0.25, 0.3) is 0 Å². The SMILES string of the molecule is CN=C(NCCc1nnc2ccccn12)N1CCSC2(CCCCC2)C1. The van der Waals surface area contributed by atoms with Crippen molar-refractivity contribution in [1.82, 2.24) is 24.8 Å². The van der Waals surface area contributed by atoms with E-state index >= 15 is 0 Å². The van der Waals surface area contributed by atoms with Gasteiger partial charge in [0, 0.05) is 49.8 Å². The van der Waals surface area contributed by atoms with Crippen LogP contribution in [0.2, 0.25) is 0 Å². The van der Waals surface area contributed by atoms with Crippen molar-refractivity contribution >= 4 is 23.4 Å². The van der Waals surface area contributed by atoms with Gasteiger partial charge in [0.2, 0.25) is 0 Å². The predicted octanol–water partition coefficient (Wildman–Crippen LogP) is 2.60. The standard InChI is InChI=1S/C19H28N6S/c1-20-18(24-13-14-26-19(15-24)9-4-2-5-10-19)21-11-8-17-23-22-16-7-3-6-12-25(16)17/h3,6-7,12H,2,4-5,8-11,13-15H2,1H3,(H,20,21). The van der Waals surface area contributed by atoms with Gasteiger partial charge in [-0.25, -0.2) is 0 Å². The molecule has 0 aromatic carbocycles. The van der Waals surface area contributed by atoms with Gasteiger partial charge in [-0.1, -0.05) is 25.3 Å².